The highest BCUT2D eigenvalue weighted by Gasteiger charge is 2.43. The minimum atomic E-state index is -4.67. The standard InChI is InChI=1S/C16H13F3N4O/c1-10-5-6-13-21-12(9-23(13)8-10)15(24)22-14(16(17,18)19)11-4-2-3-7-20-11/h2-9,14H,1H3,(H,22,24). The number of nitrogens with zero attached hydrogens (tertiary/aromatic N) is 3. The van der Waals surface area contributed by atoms with Crippen molar-refractivity contribution >= 4 is 11.6 Å². The number of halogens is 3. The molecular weight excluding hydrogens is 321 g/mol. The van der Waals surface area contributed by atoms with E-state index in [2.05, 4.69) is 9.97 Å². The van der Waals surface area contributed by atoms with Crippen molar-refractivity contribution in [2.75, 3.05) is 0 Å². The molecule has 0 saturated heterocycles. The summed E-state index contributed by atoms with van der Waals surface area (Å²) in [4.78, 5) is 19.9. The molecule has 0 spiro atoms. The maximum atomic E-state index is 13.3. The van der Waals surface area contributed by atoms with E-state index in [1.165, 1.54) is 30.6 Å². The molecule has 0 aliphatic carbocycles. The minimum Gasteiger partial charge on any atom is -0.334 e. The highest BCUT2D eigenvalue weighted by Crippen LogP contribution is 2.31. The van der Waals surface area contributed by atoms with Crippen LogP contribution in [0.4, 0.5) is 13.2 Å². The molecule has 124 valence electrons. The van der Waals surface area contributed by atoms with Gasteiger partial charge in [0.1, 0.15) is 11.3 Å². The van der Waals surface area contributed by atoms with Gasteiger partial charge in [0.2, 0.25) is 0 Å². The van der Waals surface area contributed by atoms with Crippen LogP contribution in [0.25, 0.3) is 5.65 Å². The number of imidazole rings is 1. The van der Waals surface area contributed by atoms with Crippen LogP contribution in [0.5, 0.6) is 0 Å². The molecule has 3 heterocycles. The predicted molar refractivity (Wildman–Crippen MR) is 80.4 cm³/mol. The number of alkyl halides is 3. The van der Waals surface area contributed by atoms with E-state index in [4.69, 9.17) is 0 Å². The fraction of sp³-hybridized carbons (Fsp3) is 0.188. The van der Waals surface area contributed by atoms with E-state index < -0.39 is 18.1 Å². The van der Waals surface area contributed by atoms with E-state index >= 15 is 0 Å². The first-order valence-corrected chi connectivity index (χ1v) is 7.08. The van der Waals surface area contributed by atoms with Gasteiger partial charge in [-0.3, -0.25) is 9.78 Å². The van der Waals surface area contributed by atoms with Crippen LogP contribution in [0, 0.1) is 6.92 Å². The largest absolute Gasteiger partial charge is 0.414 e. The first-order valence-electron chi connectivity index (χ1n) is 7.08. The molecule has 0 saturated carbocycles. The molecule has 24 heavy (non-hydrogen) atoms. The molecule has 0 fully saturated rings. The van der Waals surface area contributed by atoms with Gasteiger partial charge in [-0.05, 0) is 30.7 Å². The van der Waals surface area contributed by atoms with Gasteiger partial charge in [-0.2, -0.15) is 13.2 Å². The molecule has 5 nitrogen and oxygen atoms in total. The number of pyridine rings is 2. The van der Waals surface area contributed by atoms with Gasteiger partial charge in [-0.25, -0.2) is 4.98 Å². The Morgan fingerprint density at radius 2 is 2.00 bits per heavy atom. The van der Waals surface area contributed by atoms with Crippen molar-refractivity contribution in [3.8, 4) is 0 Å². The Labute approximate surface area is 135 Å². The second-order valence-corrected chi connectivity index (χ2v) is 5.30. The summed E-state index contributed by atoms with van der Waals surface area (Å²) in [6, 6.07) is 5.44. The smallest absolute Gasteiger partial charge is 0.334 e. The Morgan fingerprint density at radius 1 is 1.21 bits per heavy atom. The van der Waals surface area contributed by atoms with Crippen LogP contribution in [0.15, 0.2) is 48.9 Å². The molecule has 1 amide bonds. The van der Waals surface area contributed by atoms with Crippen LogP contribution in [0.1, 0.15) is 27.8 Å². The average Bonchev–Trinajstić information content (AvgIpc) is 2.95. The van der Waals surface area contributed by atoms with Crippen molar-refractivity contribution in [3.63, 3.8) is 0 Å². The summed E-state index contributed by atoms with van der Waals surface area (Å²) >= 11 is 0. The number of carbonyl (C=O) groups is 1. The van der Waals surface area contributed by atoms with Gasteiger partial charge in [0.15, 0.2) is 6.04 Å². The topological polar surface area (TPSA) is 59.3 Å². The van der Waals surface area contributed by atoms with Crippen LogP contribution in [-0.2, 0) is 0 Å². The van der Waals surface area contributed by atoms with E-state index in [1.54, 1.807) is 22.7 Å². The van der Waals surface area contributed by atoms with Crippen molar-refractivity contribution < 1.29 is 18.0 Å². The van der Waals surface area contributed by atoms with E-state index in [-0.39, 0.29) is 11.4 Å². The van der Waals surface area contributed by atoms with Gasteiger partial charge in [-0.1, -0.05) is 12.1 Å². The second-order valence-electron chi connectivity index (χ2n) is 5.30. The van der Waals surface area contributed by atoms with Gasteiger partial charge in [0, 0.05) is 18.6 Å². The van der Waals surface area contributed by atoms with Gasteiger partial charge in [0.25, 0.3) is 5.91 Å². The number of nitrogens with one attached hydrogen (secondary N) is 1. The lowest BCUT2D eigenvalue weighted by Gasteiger charge is -2.20. The molecule has 8 heteroatoms. The molecule has 0 bridgehead atoms. The lowest BCUT2D eigenvalue weighted by atomic mass is 10.1. The molecule has 3 rings (SSSR count). The molecule has 0 aromatic carbocycles. The fourth-order valence-corrected chi connectivity index (χ4v) is 2.29. The third kappa shape index (κ3) is 3.22. The van der Waals surface area contributed by atoms with E-state index in [1.807, 2.05) is 12.2 Å². The zero-order valence-corrected chi connectivity index (χ0v) is 12.6. The molecule has 1 N–H and O–H groups in total. The molecule has 3 aromatic heterocycles. The first-order chi connectivity index (χ1) is 11.3. The summed E-state index contributed by atoms with van der Waals surface area (Å²) in [6.45, 7) is 1.86. The minimum absolute atomic E-state index is 0.0919. The molecule has 1 atom stereocenters. The number of fused-ring (bicyclic) bond motifs is 1. The summed E-state index contributed by atoms with van der Waals surface area (Å²) in [6.07, 6.45) is -0.295. The maximum Gasteiger partial charge on any atom is 0.414 e. The van der Waals surface area contributed by atoms with Crippen molar-refractivity contribution in [2.24, 2.45) is 0 Å². The van der Waals surface area contributed by atoms with Gasteiger partial charge in [0.05, 0.1) is 5.69 Å². The van der Waals surface area contributed by atoms with E-state index in [9.17, 15) is 18.0 Å². The first kappa shape index (κ1) is 16.0. The SMILES string of the molecule is Cc1ccc2nc(C(=O)NC(c3ccccn3)C(F)(F)F)cn2c1. The maximum absolute atomic E-state index is 13.3. The Kier molecular flexibility index (Phi) is 3.96. The lowest BCUT2D eigenvalue weighted by molar-refractivity contribution is -0.156. The normalized spacial score (nSPS) is 13.0. The highest BCUT2D eigenvalue weighted by atomic mass is 19.4. The van der Waals surface area contributed by atoms with Crippen molar-refractivity contribution in [1.29, 1.82) is 0 Å². The molecular formula is C16H13F3N4O. The summed E-state index contributed by atoms with van der Waals surface area (Å²) < 4.78 is 41.4. The van der Waals surface area contributed by atoms with E-state index in [0.29, 0.717) is 5.65 Å². The van der Waals surface area contributed by atoms with Gasteiger partial charge < -0.3 is 9.72 Å². The summed E-state index contributed by atoms with van der Waals surface area (Å²) in [5, 5.41) is 1.96. The Balaban J connectivity index is 1.90. The number of rotatable bonds is 3. The number of amides is 1. The van der Waals surface area contributed by atoms with Crippen LogP contribution in [-0.4, -0.2) is 26.5 Å². The number of hydrogen-bond donors (Lipinski definition) is 1. The van der Waals surface area contributed by atoms with Crippen molar-refractivity contribution in [1.82, 2.24) is 19.7 Å². The predicted octanol–water partition coefficient (Wildman–Crippen LogP) is 3.07. The quantitative estimate of drug-likeness (QED) is 0.801. The third-order valence-corrected chi connectivity index (χ3v) is 3.42. The van der Waals surface area contributed by atoms with Crippen LogP contribution >= 0.6 is 0 Å². The van der Waals surface area contributed by atoms with Crippen LogP contribution < -0.4 is 5.32 Å². The third-order valence-electron chi connectivity index (χ3n) is 3.42. The average molecular weight is 334 g/mol. The Hall–Kier alpha value is -2.90. The van der Waals surface area contributed by atoms with Gasteiger partial charge in [-0.15, -0.1) is 0 Å². The van der Waals surface area contributed by atoms with Gasteiger partial charge >= 0.3 is 6.18 Å². The summed E-state index contributed by atoms with van der Waals surface area (Å²) in [7, 11) is 0. The lowest BCUT2D eigenvalue weighted by Crippen LogP contribution is -2.38. The highest BCUT2D eigenvalue weighted by molar-refractivity contribution is 5.93. The van der Waals surface area contributed by atoms with Crippen LogP contribution in [0.2, 0.25) is 0 Å². The Bertz CT molecular complexity index is 874. The zero-order chi connectivity index (χ0) is 17.3. The molecule has 1 unspecified atom stereocenters. The van der Waals surface area contributed by atoms with Crippen molar-refractivity contribution in [3.05, 3.63) is 65.9 Å². The second kappa shape index (κ2) is 5.95. The molecule has 3 aromatic rings. The number of carbonyl (C=O) groups excluding carboxylic acids is 1. The van der Waals surface area contributed by atoms with Crippen LogP contribution in [0.3, 0.4) is 0 Å². The molecule has 0 radical (unpaired) electrons. The summed E-state index contributed by atoms with van der Waals surface area (Å²) in [5.41, 5.74) is 1.05. The molecule has 0 aliphatic rings. The number of aryl methyl sites for hydroxylation is 1. The zero-order valence-electron chi connectivity index (χ0n) is 12.6. The Morgan fingerprint density at radius 3 is 2.67 bits per heavy atom. The molecule has 0 aliphatic heterocycles. The monoisotopic (exact) mass is 334 g/mol. The summed E-state index contributed by atoms with van der Waals surface area (Å²) in [5.74, 6) is -0.913. The number of hydrogen-bond acceptors (Lipinski definition) is 3. The fourth-order valence-electron chi connectivity index (χ4n) is 2.29. The number of aromatic nitrogens is 3. The van der Waals surface area contributed by atoms with Crippen molar-refractivity contribution in [2.45, 2.75) is 19.1 Å². The van der Waals surface area contributed by atoms with E-state index in [0.717, 1.165) is 5.56 Å².